The smallest absolute Gasteiger partial charge is 0.286 e. The Morgan fingerprint density at radius 2 is 1.90 bits per heavy atom. The minimum Gasteiger partial charge on any atom is -0.454 e. The molecule has 2 amide bonds. The maximum absolute atomic E-state index is 12.4. The number of para-hydroxylation sites is 1. The molecule has 2 aromatic carbocycles. The number of anilines is 2. The Morgan fingerprint density at radius 1 is 1.03 bits per heavy atom. The molecular formula is C19H13N5O4S3. The molecule has 5 rings (SSSR count). The molecular weight excluding hydrogens is 458 g/mol. The summed E-state index contributed by atoms with van der Waals surface area (Å²) in [4.78, 5) is 29.0. The van der Waals surface area contributed by atoms with Crippen molar-refractivity contribution in [1.29, 1.82) is 0 Å². The number of carbonyl (C=O) groups excluding carboxylic acids is 2. The first kappa shape index (κ1) is 19.7. The van der Waals surface area contributed by atoms with Gasteiger partial charge in [0.2, 0.25) is 17.8 Å². The van der Waals surface area contributed by atoms with E-state index in [0.717, 1.165) is 10.2 Å². The number of fused-ring (bicyclic) bond motifs is 2. The summed E-state index contributed by atoms with van der Waals surface area (Å²) in [5.41, 5.74) is 1.40. The van der Waals surface area contributed by atoms with E-state index in [1.807, 2.05) is 24.3 Å². The molecule has 2 N–H and O–H groups in total. The number of thiazole rings is 1. The van der Waals surface area contributed by atoms with Gasteiger partial charge in [0, 0.05) is 11.8 Å². The predicted molar refractivity (Wildman–Crippen MR) is 119 cm³/mol. The molecule has 156 valence electrons. The molecule has 31 heavy (non-hydrogen) atoms. The van der Waals surface area contributed by atoms with Crippen LogP contribution in [0.4, 0.5) is 10.8 Å². The Balaban J connectivity index is 1.15. The topological polar surface area (TPSA) is 115 Å². The minimum absolute atomic E-state index is 0.148. The molecule has 2 aromatic heterocycles. The Labute approximate surface area is 187 Å². The van der Waals surface area contributed by atoms with E-state index in [4.69, 9.17) is 9.47 Å². The largest absolute Gasteiger partial charge is 0.454 e. The van der Waals surface area contributed by atoms with E-state index in [2.05, 4.69) is 25.8 Å². The molecule has 9 nitrogen and oxygen atoms in total. The molecule has 0 saturated heterocycles. The normalized spacial score (nSPS) is 12.1. The first-order valence-electron chi connectivity index (χ1n) is 8.97. The molecule has 0 atom stereocenters. The number of ether oxygens (including phenoxy) is 2. The molecule has 0 fully saturated rings. The number of rotatable bonds is 6. The van der Waals surface area contributed by atoms with Crippen LogP contribution in [0.1, 0.15) is 9.80 Å². The average Bonchev–Trinajstić information content (AvgIpc) is 3.51. The van der Waals surface area contributed by atoms with Crippen molar-refractivity contribution in [2.45, 2.75) is 4.34 Å². The number of amides is 2. The molecule has 12 heteroatoms. The molecule has 1 aliphatic heterocycles. The summed E-state index contributed by atoms with van der Waals surface area (Å²) < 4.78 is 12.1. The molecule has 4 aromatic rings. The predicted octanol–water partition coefficient (Wildman–Crippen LogP) is 3.86. The van der Waals surface area contributed by atoms with Crippen LogP contribution in [-0.2, 0) is 4.79 Å². The molecule has 0 unspecified atom stereocenters. The third kappa shape index (κ3) is 4.45. The molecule has 0 aliphatic carbocycles. The van der Waals surface area contributed by atoms with E-state index < -0.39 is 0 Å². The lowest BCUT2D eigenvalue weighted by atomic mass is 10.3. The minimum atomic E-state index is -0.338. The van der Waals surface area contributed by atoms with Crippen LogP contribution in [0.3, 0.4) is 0 Å². The lowest BCUT2D eigenvalue weighted by Crippen LogP contribution is -2.13. The van der Waals surface area contributed by atoms with Crippen molar-refractivity contribution in [3.63, 3.8) is 0 Å². The molecule has 3 heterocycles. The molecule has 1 aliphatic rings. The second-order valence-electron chi connectivity index (χ2n) is 6.22. The second kappa shape index (κ2) is 8.49. The van der Waals surface area contributed by atoms with Gasteiger partial charge in [-0.3, -0.25) is 14.9 Å². The number of nitrogens with zero attached hydrogens (tertiary/aromatic N) is 3. The van der Waals surface area contributed by atoms with Crippen LogP contribution in [0.5, 0.6) is 11.5 Å². The van der Waals surface area contributed by atoms with Gasteiger partial charge in [-0.2, -0.15) is 0 Å². The Bertz CT molecular complexity index is 1260. The number of aromatic nitrogens is 3. The van der Waals surface area contributed by atoms with E-state index in [0.29, 0.717) is 31.7 Å². The summed E-state index contributed by atoms with van der Waals surface area (Å²) >= 11 is 3.74. The highest BCUT2D eigenvalue weighted by Gasteiger charge is 2.17. The third-order valence-electron chi connectivity index (χ3n) is 4.10. The second-order valence-corrected chi connectivity index (χ2v) is 9.45. The molecule has 0 radical (unpaired) electrons. The van der Waals surface area contributed by atoms with Crippen LogP contribution in [0.2, 0.25) is 0 Å². The highest BCUT2D eigenvalue weighted by Crippen LogP contribution is 2.34. The Morgan fingerprint density at radius 3 is 2.81 bits per heavy atom. The average molecular weight is 472 g/mol. The van der Waals surface area contributed by atoms with Crippen molar-refractivity contribution < 1.29 is 19.1 Å². The number of nitrogens with one attached hydrogen (secondary N) is 2. The zero-order valence-electron chi connectivity index (χ0n) is 15.7. The van der Waals surface area contributed by atoms with E-state index in [-0.39, 0.29) is 24.4 Å². The summed E-state index contributed by atoms with van der Waals surface area (Å²) in [6.45, 7) is 0.178. The first-order chi connectivity index (χ1) is 15.1. The summed E-state index contributed by atoms with van der Waals surface area (Å²) in [5.74, 6) is 0.868. The van der Waals surface area contributed by atoms with Crippen molar-refractivity contribution in [2.75, 3.05) is 23.2 Å². The number of thioether (sulfide) groups is 1. The van der Waals surface area contributed by atoms with Crippen molar-refractivity contribution >= 4 is 67.3 Å². The van der Waals surface area contributed by atoms with Gasteiger partial charge in [0.15, 0.2) is 20.8 Å². The standard InChI is InChI=1S/C19H13N5O4S3/c25-15(20-10-5-6-12-13(7-10)28-9-27-12)8-29-19-24-23-18(31-19)22-16(26)17-21-11-3-1-2-4-14(11)30-17/h1-7H,8-9H2,(H,20,25)(H,22,23,26). The Hall–Kier alpha value is -3.22. The lowest BCUT2D eigenvalue weighted by Gasteiger charge is -2.05. The number of hydrogen-bond donors (Lipinski definition) is 2. The van der Waals surface area contributed by atoms with Gasteiger partial charge < -0.3 is 14.8 Å². The lowest BCUT2D eigenvalue weighted by molar-refractivity contribution is -0.113. The van der Waals surface area contributed by atoms with Gasteiger partial charge in [-0.05, 0) is 24.3 Å². The summed E-state index contributed by atoms with van der Waals surface area (Å²) in [6, 6.07) is 12.8. The maximum atomic E-state index is 12.4. The zero-order valence-corrected chi connectivity index (χ0v) is 18.1. The maximum Gasteiger partial charge on any atom is 0.286 e. The number of benzene rings is 2. The van der Waals surface area contributed by atoms with Crippen molar-refractivity contribution in [3.05, 3.63) is 47.5 Å². The quantitative estimate of drug-likeness (QED) is 0.322. The van der Waals surface area contributed by atoms with Gasteiger partial charge in [0.25, 0.3) is 5.91 Å². The summed E-state index contributed by atoms with van der Waals surface area (Å²) in [7, 11) is 0. The van der Waals surface area contributed by atoms with Crippen LogP contribution in [-0.4, -0.2) is 39.5 Å². The zero-order chi connectivity index (χ0) is 21.2. The van der Waals surface area contributed by atoms with Gasteiger partial charge in [-0.1, -0.05) is 35.2 Å². The van der Waals surface area contributed by atoms with Crippen molar-refractivity contribution in [3.8, 4) is 11.5 Å². The van der Waals surface area contributed by atoms with Gasteiger partial charge >= 0.3 is 0 Å². The van der Waals surface area contributed by atoms with E-state index in [1.54, 1.807) is 18.2 Å². The monoisotopic (exact) mass is 471 g/mol. The van der Waals surface area contributed by atoms with Crippen molar-refractivity contribution in [1.82, 2.24) is 15.2 Å². The number of hydrogen-bond acceptors (Lipinski definition) is 10. The summed E-state index contributed by atoms with van der Waals surface area (Å²) in [6.07, 6.45) is 0. The van der Waals surface area contributed by atoms with E-state index in [1.165, 1.54) is 34.4 Å². The van der Waals surface area contributed by atoms with Gasteiger partial charge in [-0.25, -0.2) is 4.98 Å². The van der Waals surface area contributed by atoms with Gasteiger partial charge in [0.1, 0.15) is 0 Å². The van der Waals surface area contributed by atoms with Crippen LogP contribution in [0, 0.1) is 0 Å². The highest BCUT2D eigenvalue weighted by molar-refractivity contribution is 8.01. The van der Waals surface area contributed by atoms with E-state index >= 15 is 0 Å². The number of carbonyl (C=O) groups is 2. The summed E-state index contributed by atoms with van der Waals surface area (Å²) in [5, 5.41) is 14.2. The van der Waals surface area contributed by atoms with Crippen LogP contribution >= 0.6 is 34.4 Å². The third-order valence-corrected chi connectivity index (χ3v) is 7.11. The SMILES string of the molecule is O=C(CSc1nnc(NC(=O)c2nc3ccccc3s2)s1)Nc1ccc2c(c1)OCO2. The Kier molecular flexibility index (Phi) is 5.40. The van der Waals surface area contributed by atoms with Crippen LogP contribution in [0.25, 0.3) is 10.2 Å². The fourth-order valence-electron chi connectivity index (χ4n) is 2.74. The fourth-order valence-corrected chi connectivity index (χ4v) is 5.15. The molecule has 0 spiro atoms. The van der Waals surface area contributed by atoms with Gasteiger partial charge in [-0.15, -0.1) is 21.5 Å². The van der Waals surface area contributed by atoms with Crippen molar-refractivity contribution in [2.24, 2.45) is 0 Å². The van der Waals surface area contributed by atoms with Gasteiger partial charge in [0.05, 0.1) is 16.0 Å². The van der Waals surface area contributed by atoms with Crippen LogP contribution < -0.4 is 20.1 Å². The van der Waals surface area contributed by atoms with E-state index in [9.17, 15) is 9.59 Å². The first-order valence-corrected chi connectivity index (χ1v) is 11.6. The van der Waals surface area contributed by atoms with Crippen LogP contribution in [0.15, 0.2) is 46.8 Å². The highest BCUT2D eigenvalue weighted by atomic mass is 32.2. The molecule has 0 saturated carbocycles. The molecule has 0 bridgehead atoms. The fraction of sp³-hybridized carbons (Fsp3) is 0.105.